The van der Waals surface area contributed by atoms with Crippen LogP contribution in [0.4, 0.5) is 4.79 Å². The Balaban J connectivity index is 2.65. The largest absolute Gasteiger partial charge is 0.481 e. The van der Waals surface area contributed by atoms with Crippen molar-refractivity contribution >= 4 is 35.2 Å². The molecule has 0 fully saturated rings. The Kier molecular flexibility index (Phi) is 9.63. The normalized spacial score (nSPS) is 10.8. The zero-order valence-corrected chi connectivity index (χ0v) is 16.1. The molecule has 0 heterocycles. The fraction of sp³-hybridized carbons (Fsp3) is 0.529. The van der Waals surface area contributed by atoms with E-state index in [1.165, 1.54) is 0 Å². The van der Waals surface area contributed by atoms with E-state index in [0.29, 0.717) is 36.1 Å². The van der Waals surface area contributed by atoms with Crippen molar-refractivity contribution in [2.75, 3.05) is 33.7 Å². The van der Waals surface area contributed by atoms with Crippen LogP contribution in [0.1, 0.15) is 24.8 Å². The Hall–Kier alpha value is -1.50. The molecular weight excluding hydrogens is 365 g/mol. The minimum absolute atomic E-state index is 0.0354. The fourth-order valence-electron chi connectivity index (χ4n) is 2.24. The number of carboxylic acids is 1. The molecule has 1 aromatic rings. The van der Waals surface area contributed by atoms with Crippen molar-refractivity contribution in [3.63, 3.8) is 0 Å². The van der Waals surface area contributed by atoms with Gasteiger partial charge >= 0.3 is 12.0 Å². The topological polar surface area (TPSA) is 72.9 Å². The Morgan fingerprint density at radius 3 is 2.44 bits per heavy atom. The molecule has 0 saturated heterocycles. The molecule has 0 aliphatic carbocycles. The van der Waals surface area contributed by atoms with E-state index in [2.05, 4.69) is 10.2 Å². The predicted octanol–water partition coefficient (Wildman–Crippen LogP) is 3.32. The SMILES string of the molecule is CN(C)CCCN(Cc1ccc(Cl)c(Cl)c1)C(=O)NCCCC(=O)O. The molecule has 0 aliphatic rings. The first-order valence-corrected chi connectivity index (χ1v) is 8.88. The highest BCUT2D eigenvalue weighted by molar-refractivity contribution is 6.42. The van der Waals surface area contributed by atoms with Crippen LogP contribution < -0.4 is 5.32 Å². The number of hydrogen-bond donors (Lipinski definition) is 2. The molecule has 0 atom stereocenters. The van der Waals surface area contributed by atoms with Crippen LogP contribution in [0.25, 0.3) is 0 Å². The van der Waals surface area contributed by atoms with Gasteiger partial charge in [0.2, 0.25) is 0 Å². The molecule has 0 aliphatic heterocycles. The van der Waals surface area contributed by atoms with E-state index < -0.39 is 5.97 Å². The summed E-state index contributed by atoms with van der Waals surface area (Å²) in [7, 11) is 3.96. The molecule has 0 spiro atoms. The number of carbonyl (C=O) groups excluding carboxylic acids is 1. The van der Waals surface area contributed by atoms with Gasteiger partial charge in [-0.25, -0.2) is 4.79 Å². The highest BCUT2D eigenvalue weighted by Gasteiger charge is 2.14. The first-order valence-electron chi connectivity index (χ1n) is 8.13. The number of benzene rings is 1. The van der Waals surface area contributed by atoms with Gasteiger partial charge in [0.25, 0.3) is 0 Å². The van der Waals surface area contributed by atoms with E-state index >= 15 is 0 Å². The quantitative estimate of drug-likeness (QED) is 0.602. The first-order chi connectivity index (χ1) is 11.8. The van der Waals surface area contributed by atoms with Crippen molar-refractivity contribution in [2.45, 2.75) is 25.8 Å². The lowest BCUT2D eigenvalue weighted by Gasteiger charge is -2.24. The third kappa shape index (κ3) is 8.95. The van der Waals surface area contributed by atoms with E-state index in [4.69, 9.17) is 28.3 Å². The molecule has 0 aromatic heterocycles. The number of amides is 2. The zero-order valence-electron chi connectivity index (χ0n) is 14.6. The van der Waals surface area contributed by atoms with Crippen LogP contribution in [0.5, 0.6) is 0 Å². The summed E-state index contributed by atoms with van der Waals surface area (Å²) in [6.07, 6.45) is 1.27. The number of carboxylic acid groups (broad SMARTS) is 1. The summed E-state index contributed by atoms with van der Waals surface area (Å²) >= 11 is 12.0. The lowest BCUT2D eigenvalue weighted by molar-refractivity contribution is -0.137. The molecule has 140 valence electrons. The molecule has 2 amide bonds. The summed E-state index contributed by atoms with van der Waals surface area (Å²) in [4.78, 5) is 26.7. The van der Waals surface area contributed by atoms with Gasteiger partial charge in [-0.05, 0) is 51.2 Å². The van der Waals surface area contributed by atoms with Gasteiger partial charge in [0.15, 0.2) is 0 Å². The van der Waals surface area contributed by atoms with Crippen LogP contribution in [-0.4, -0.2) is 60.6 Å². The third-order valence-corrected chi connectivity index (χ3v) is 4.26. The summed E-state index contributed by atoms with van der Waals surface area (Å²) in [6.45, 7) is 2.19. The van der Waals surface area contributed by atoms with Crippen molar-refractivity contribution in [1.82, 2.24) is 15.1 Å². The standard InChI is InChI=1S/C17H25Cl2N3O3/c1-21(2)9-4-10-22(17(25)20-8-3-5-16(23)24)12-13-6-7-14(18)15(19)11-13/h6-7,11H,3-5,8-10,12H2,1-2H3,(H,20,25)(H,23,24). The molecule has 0 unspecified atom stereocenters. The van der Waals surface area contributed by atoms with E-state index in [0.717, 1.165) is 18.5 Å². The van der Waals surface area contributed by atoms with Crippen LogP contribution in [0, 0.1) is 0 Å². The minimum Gasteiger partial charge on any atom is -0.481 e. The minimum atomic E-state index is -0.868. The van der Waals surface area contributed by atoms with E-state index in [9.17, 15) is 9.59 Å². The number of aliphatic carboxylic acids is 1. The molecule has 1 rings (SSSR count). The van der Waals surface area contributed by atoms with Gasteiger partial charge < -0.3 is 20.2 Å². The molecule has 25 heavy (non-hydrogen) atoms. The number of hydrogen-bond acceptors (Lipinski definition) is 3. The van der Waals surface area contributed by atoms with E-state index in [-0.39, 0.29) is 12.5 Å². The van der Waals surface area contributed by atoms with Gasteiger partial charge in [-0.1, -0.05) is 29.3 Å². The smallest absolute Gasteiger partial charge is 0.317 e. The number of nitrogens with zero attached hydrogens (tertiary/aromatic N) is 2. The summed E-state index contributed by atoms with van der Waals surface area (Å²) in [5.41, 5.74) is 0.889. The van der Waals surface area contributed by atoms with Gasteiger partial charge in [0.1, 0.15) is 0 Å². The molecule has 0 radical (unpaired) electrons. The van der Waals surface area contributed by atoms with Crippen molar-refractivity contribution in [3.8, 4) is 0 Å². The highest BCUT2D eigenvalue weighted by Crippen LogP contribution is 2.23. The monoisotopic (exact) mass is 389 g/mol. The summed E-state index contributed by atoms with van der Waals surface area (Å²) < 4.78 is 0. The van der Waals surface area contributed by atoms with Crippen molar-refractivity contribution in [3.05, 3.63) is 33.8 Å². The average molecular weight is 390 g/mol. The van der Waals surface area contributed by atoms with Gasteiger partial charge in [-0.2, -0.15) is 0 Å². The molecule has 0 bridgehead atoms. The molecule has 8 heteroatoms. The molecular formula is C17H25Cl2N3O3. The molecule has 0 saturated carbocycles. The fourth-order valence-corrected chi connectivity index (χ4v) is 2.56. The maximum Gasteiger partial charge on any atom is 0.317 e. The maximum absolute atomic E-state index is 12.4. The second-order valence-electron chi connectivity index (χ2n) is 6.06. The third-order valence-electron chi connectivity index (χ3n) is 3.52. The van der Waals surface area contributed by atoms with Crippen molar-refractivity contribution in [2.24, 2.45) is 0 Å². The van der Waals surface area contributed by atoms with Crippen LogP contribution in [0.3, 0.4) is 0 Å². The second-order valence-corrected chi connectivity index (χ2v) is 6.87. The number of nitrogens with one attached hydrogen (secondary N) is 1. The highest BCUT2D eigenvalue weighted by atomic mass is 35.5. The lowest BCUT2D eigenvalue weighted by atomic mass is 10.2. The van der Waals surface area contributed by atoms with Crippen LogP contribution in [0.2, 0.25) is 10.0 Å². The Morgan fingerprint density at radius 2 is 1.84 bits per heavy atom. The Labute approximate surface area is 158 Å². The zero-order chi connectivity index (χ0) is 18.8. The van der Waals surface area contributed by atoms with E-state index in [1.807, 2.05) is 20.2 Å². The van der Waals surface area contributed by atoms with Gasteiger partial charge in [0, 0.05) is 26.1 Å². The van der Waals surface area contributed by atoms with Gasteiger partial charge in [0.05, 0.1) is 10.0 Å². The predicted molar refractivity (Wildman–Crippen MR) is 100 cm³/mol. The number of urea groups is 1. The summed E-state index contributed by atoms with van der Waals surface area (Å²) in [5.74, 6) is -0.868. The lowest BCUT2D eigenvalue weighted by Crippen LogP contribution is -2.41. The maximum atomic E-state index is 12.4. The van der Waals surface area contributed by atoms with Gasteiger partial charge in [-0.15, -0.1) is 0 Å². The number of carbonyl (C=O) groups is 2. The Bertz CT molecular complexity index is 582. The van der Waals surface area contributed by atoms with Crippen LogP contribution in [-0.2, 0) is 11.3 Å². The molecule has 6 nitrogen and oxygen atoms in total. The van der Waals surface area contributed by atoms with Gasteiger partial charge in [-0.3, -0.25) is 4.79 Å². The summed E-state index contributed by atoms with van der Waals surface area (Å²) in [5, 5.41) is 12.3. The average Bonchev–Trinajstić information content (AvgIpc) is 2.53. The van der Waals surface area contributed by atoms with Crippen LogP contribution >= 0.6 is 23.2 Å². The van der Waals surface area contributed by atoms with Crippen molar-refractivity contribution in [1.29, 1.82) is 0 Å². The van der Waals surface area contributed by atoms with E-state index in [1.54, 1.807) is 17.0 Å². The number of halogens is 2. The first kappa shape index (κ1) is 21.5. The van der Waals surface area contributed by atoms with Crippen LogP contribution in [0.15, 0.2) is 18.2 Å². The second kappa shape index (κ2) is 11.2. The summed E-state index contributed by atoms with van der Waals surface area (Å²) in [6, 6.07) is 5.09. The number of rotatable bonds is 10. The molecule has 1 aromatic carbocycles. The van der Waals surface area contributed by atoms with Crippen molar-refractivity contribution < 1.29 is 14.7 Å². The molecule has 2 N–H and O–H groups in total. The Morgan fingerprint density at radius 1 is 1.12 bits per heavy atom.